The van der Waals surface area contributed by atoms with Crippen molar-refractivity contribution in [3.05, 3.63) is 12.7 Å². The van der Waals surface area contributed by atoms with Crippen molar-refractivity contribution in [3.8, 4) is 0 Å². The molecule has 0 aromatic carbocycles. The van der Waals surface area contributed by atoms with Crippen LogP contribution in [-0.4, -0.2) is 12.2 Å². The molecule has 4 atom stereocenters. The molecular formula is C21H40O. The van der Waals surface area contributed by atoms with Crippen molar-refractivity contribution in [1.82, 2.24) is 0 Å². The Bertz CT molecular complexity index is 284. The summed E-state index contributed by atoms with van der Waals surface area (Å²) in [6.07, 6.45) is 15.9. The van der Waals surface area contributed by atoms with Gasteiger partial charge < -0.3 is 4.74 Å². The van der Waals surface area contributed by atoms with E-state index in [1.807, 2.05) is 6.08 Å². The molecule has 0 amide bonds. The molecule has 130 valence electrons. The number of unbranched alkanes of at least 4 members (excludes halogenated alkanes) is 4. The van der Waals surface area contributed by atoms with Crippen molar-refractivity contribution in [2.24, 2.45) is 17.8 Å². The fourth-order valence-electron chi connectivity index (χ4n) is 3.92. The summed E-state index contributed by atoms with van der Waals surface area (Å²) < 4.78 is 6.61. The molecule has 0 saturated heterocycles. The third kappa shape index (κ3) is 7.31. The minimum absolute atomic E-state index is 0.399. The predicted octanol–water partition coefficient (Wildman–Crippen LogP) is 6.77. The lowest BCUT2D eigenvalue weighted by Crippen LogP contribution is -2.37. The van der Waals surface area contributed by atoms with Gasteiger partial charge in [0.15, 0.2) is 0 Å². The average molecular weight is 309 g/mol. The summed E-state index contributed by atoms with van der Waals surface area (Å²) in [5.41, 5.74) is 0. The van der Waals surface area contributed by atoms with E-state index in [1.165, 1.54) is 57.8 Å². The zero-order valence-electron chi connectivity index (χ0n) is 15.7. The molecule has 1 heteroatoms. The van der Waals surface area contributed by atoms with Crippen LogP contribution >= 0.6 is 0 Å². The Labute approximate surface area is 139 Å². The Hall–Kier alpha value is -0.300. The fraction of sp³-hybridized carbons (Fsp3) is 0.905. The summed E-state index contributed by atoms with van der Waals surface area (Å²) in [7, 11) is 0. The van der Waals surface area contributed by atoms with Gasteiger partial charge in [-0.3, -0.25) is 0 Å². The summed E-state index contributed by atoms with van der Waals surface area (Å²) in [6.45, 7) is 13.3. The topological polar surface area (TPSA) is 9.23 Å². The third-order valence-electron chi connectivity index (χ3n) is 5.39. The normalized spacial score (nSPS) is 27.0. The summed E-state index contributed by atoms with van der Waals surface area (Å²) in [4.78, 5) is 0. The number of hydrogen-bond donors (Lipinski definition) is 0. The molecule has 0 aliphatic heterocycles. The third-order valence-corrected chi connectivity index (χ3v) is 5.39. The van der Waals surface area contributed by atoms with Crippen molar-refractivity contribution in [2.75, 3.05) is 0 Å². The molecule has 1 aliphatic rings. The van der Waals surface area contributed by atoms with E-state index in [2.05, 4.69) is 34.3 Å². The first kappa shape index (κ1) is 19.7. The van der Waals surface area contributed by atoms with E-state index < -0.39 is 0 Å². The molecule has 0 aromatic heterocycles. The van der Waals surface area contributed by atoms with Gasteiger partial charge >= 0.3 is 0 Å². The molecule has 1 nitrogen and oxygen atoms in total. The number of rotatable bonds is 11. The molecule has 1 rings (SSSR count). The monoisotopic (exact) mass is 308 g/mol. The zero-order valence-corrected chi connectivity index (χ0v) is 15.7. The van der Waals surface area contributed by atoms with Gasteiger partial charge in [0.25, 0.3) is 0 Å². The van der Waals surface area contributed by atoms with Crippen LogP contribution in [0.3, 0.4) is 0 Å². The molecular weight excluding hydrogens is 268 g/mol. The maximum absolute atomic E-state index is 6.61. The van der Waals surface area contributed by atoms with Gasteiger partial charge in [0, 0.05) is 0 Å². The zero-order chi connectivity index (χ0) is 16.4. The van der Waals surface area contributed by atoms with Gasteiger partial charge in [0.05, 0.1) is 12.2 Å². The van der Waals surface area contributed by atoms with Gasteiger partial charge in [0.2, 0.25) is 0 Å². The molecule has 22 heavy (non-hydrogen) atoms. The first-order valence-corrected chi connectivity index (χ1v) is 9.84. The van der Waals surface area contributed by atoms with Crippen LogP contribution in [0, 0.1) is 17.8 Å². The van der Waals surface area contributed by atoms with Gasteiger partial charge in [-0.2, -0.15) is 0 Å². The van der Waals surface area contributed by atoms with Gasteiger partial charge in [-0.15, -0.1) is 6.58 Å². The van der Waals surface area contributed by atoms with E-state index >= 15 is 0 Å². The minimum Gasteiger partial charge on any atom is -0.374 e. The maximum Gasteiger partial charge on any atom is 0.0613 e. The van der Waals surface area contributed by atoms with Crippen LogP contribution < -0.4 is 0 Å². The van der Waals surface area contributed by atoms with E-state index in [0.717, 1.165) is 24.2 Å². The Balaban J connectivity index is 2.46. The summed E-state index contributed by atoms with van der Waals surface area (Å²) in [5.74, 6) is 2.32. The Kier molecular flexibility index (Phi) is 10.1. The predicted molar refractivity (Wildman–Crippen MR) is 98.2 cm³/mol. The molecule has 0 spiro atoms. The van der Waals surface area contributed by atoms with Gasteiger partial charge in [-0.05, 0) is 43.4 Å². The van der Waals surface area contributed by atoms with Crippen LogP contribution in [0.1, 0.15) is 91.9 Å². The van der Waals surface area contributed by atoms with E-state index in [4.69, 9.17) is 4.74 Å². The van der Waals surface area contributed by atoms with Crippen LogP contribution in [0.15, 0.2) is 12.7 Å². The van der Waals surface area contributed by atoms with Crippen molar-refractivity contribution < 1.29 is 4.74 Å². The molecule has 0 bridgehead atoms. The Morgan fingerprint density at radius 3 is 2.50 bits per heavy atom. The van der Waals surface area contributed by atoms with Gasteiger partial charge in [-0.25, -0.2) is 0 Å². The van der Waals surface area contributed by atoms with Crippen molar-refractivity contribution in [1.29, 1.82) is 0 Å². The minimum atomic E-state index is 0.399. The van der Waals surface area contributed by atoms with Crippen LogP contribution in [0.4, 0.5) is 0 Å². The SMILES string of the molecule is C=CCC(CCCCCCC)O[C@@H]1C[C@H](C)CC[C@H]1C(C)C. The second kappa shape index (κ2) is 11.3. The van der Waals surface area contributed by atoms with E-state index in [9.17, 15) is 0 Å². The van der Waals surface area contributed by atoms with Gasteiger partial charge in [0.1, 0.15) is 0 Å². The first-order chi connectivity index (χ1) is 10.6. The highest BCUT2D eigenvalue weighted by Crippen LogP contribution is 2.36. The largest absolute Gasteiger partial charge is 0.374 e. The highest BCUT2D eigenvalue weighted by atomic mass is 16.5. The lowest BCUT2D eigenvalue weighted by Gasteiger charge is -2.39. The highest BCUT2D eigenvalue weighted by Gasteiger charge is 2.32. The molecule has 1 saturated carbocycles. The van der Waals surface area contributed by atoms with E-state index in [1.54, 1.807) is 0 Å². The maximum atomic E-state index is 6.61. The quantitative estimate of drug-likeness (QED) is 0.302. The van der Waals surface area contributed by atoms with E-state index in [0.29, 0.717) is 12.2 Å². The van der Waals surface area contributed by atoms with Crippen molar-refractivity contribution in [3.63, 3.8) is 0 Å². The van der Waals surface area contributed by atoms with Crippen LogP contribution in [0.5, 0.6) is 0 Å². The Morgan fingerprint density at radius 1 is 1.14 bits per heavy atom. The number of hydrogen-bond acceptors (Lipinski definition) is 1. The lowest BCUT2D eigenvalue weighted by atomic mass is 9.75. The number of ether oxygens (including phenoxy) is 1. The second-order valence-corrected chi connectivity index (χ2v) is 7.85. The van der Waals surface area contributed by atoms with Crippen LogP contribution in [0.25, 0.3) is 0 Å². The molecule has 0 aromatic rings. The molecule has 1 unspecified atom stereocenters. The highest BCUT2D eigenvalue weighted by molar-refractivity contribution is 4.83. The average Bonchev–Trinajstić information content (AvgIpc) is 2.47. The van der Waals surface area contributed by atoms with Crippen LogP contribution in [-0.2, 0) is 4.74 Å². The summed E-state index contributed by atoms with van der Waals surface area (Å²) in [5, 5.41) is 0. The second-order valence-electron chi connectivity index (χ2n) is 7.85. The molecule has 1 aliphatic carbocycles. The van der Waals surface area contributed by atoms with Gasteiger partial charge in [-0.1, -0.05) is 72.3 Å². The van der Waals surface area contributed by atoms with Crippen molar-refractivity contribution in [2.45, 2.75) is 104 Å². The van der Waals surface area contributed by atoms with Crippen molar-refractivity contribution >= 4 is 0 Å². The van der Waals surface area contributed by atoms with E-state index in [-0.39, 0.29) is 0 Å². The molecule has 0 heterocycles. The first-order valence-electron chi connectivity index (χ1n) is 9.84. The van der Waals surface area contributed by atoms with Crippen LogP contribution in [0.2, 0.25) is 0 Å². The molecule has 0 radical (unpaired) electrons. The standard InChI is InChI=1S/C21H40O/c1-6-8-9-10-11-13-19(12-7-2)22-21-16-18(5)14-15-20(21)17(3)4/h7,17-21H,2,6,8-16H2,1,3-5H3/t18-,19?,20+,21-/m1/s1. The lowest BCUT2D eigenvalue weighted by molar-refractivity contribution is -0.0819. The summed E-state index contributed by atoms with van der Waals surface area (Å²) in [6, 6.07) is 0. The smallest absolute Gasteiger partial charge is 0.0613 e. The summed E-state index contributed by atoms with van der Waals surface area (Å²) >= 11 is 0. The fourth-order valence-corrected chi connectivity index (χ4v) is 3.92. The molecule has 0 N–H and O–H groups in total. The Morgan fingerprint density at radius 2 is 1.86 bits per heavy atom. The molecule has 1 fully saturated rings.